The Morgan fingerprint density at radius 2 is 1.83 bits per heavy atom. The second-order valence-electron chi connectivity index (χ2n) is 7.76. The molecular weight excluding hydrogens is 384 g/mol. The molecule has 7 heteroatoms. The molecule has 0 radical (unpaired) electrons. The SMILES string of the molecule is Cc1cc(S(=O)(=O)N2CCC(C#N)CC2)ccc1-c1ccc2c(c1C)C(N)=NC2. The highest BCUT2D eigenvalue weighted by molar-refractivity contribution is 7.89. The van der Waals surface area contributed by atoms with E-state index in [1.165, 1.54) is 4.31 Å². The average Bonchev–Trinajstić information content (AvgIpc) is 3.10. The molecule has 0 atom stereocenters. The lowest BCUT2D eigenvalue weighted by Crippen LogP contribution is -2.38. The summed E-state index contributed by atoms with van der Waals surface area (Å²) in [6.45, 7) is 5.36. The summed E-state index contributed by atoms with van der Waals surface area (Å²) in [5, 5.41) is 9.04. The molecule has 29 heavy (non-hydrogen) atoms. The van der Waals surface area contributed by atoms with Gasteiger partial charge >= 0.3 is 0 Å². The number of rotatable bonds is 3. The highest BCUT2D eigenvalue weighted by atomic mass is 32.2. The number of sulfonamides is 1. The maximum absolute atomic E-state index is 13.1. The maximum Gasteiger partial charge on any atom is 0.243 e. The van der Waals surface area contributed by atoms with Gasteiger partial charge in [-0.1, -0.05) is 18.2 Å². The lowest BCUT2D eigenvalue weighted by atomic mass is 9.91. The Hall–Kier alpha value is -2.69. The van der Waals surface area contributed by atoms with Crippen LogP contribution in [0.1, 0.15) is 35.1 Å². The Labute approximate surface area is 171 Å². The molecule has 1 saturated heterocycles. The number of piperidine rings is 1. The molecule has 1 fully saturated rings. The summed E-state index contributed by atoms with van der Waals surface area (Å²) in [7, 11) is -3.56. The molecule has 150 valence electrons. The van der Waals surface area contributed by atoms with Gasteiger partial charge in [0.25, 0.3) is 0 Å². The van der Waals surface area contributed by atoms with Gasteiger partial charge in [-0.05, 0) is 66.6 Å². The van der Waals surface area contributed by atoms with Crippen LogP contribution in [0, 0.1) is 31.1 Å². The van der Waals surface area contributed by atoms with Gasteiger partial charge in [0.2, 0.25) is 10.0 Å². The molecule has 2 aliphatic heterocycles. The summed E-state index contributed by atoms with van der Waals surface area (Å²) in [5.74, 6) is 0.515. The van der Waals surface area contributed by atoms with Crippen molar-refractivity contribution in [1.82, 2.24) is 4.31 Å². The molecular formula is C22H24N4O2S. The molecule has 0 amide bonds. The third kappa shape index (κ3) is 3.33. The van der Waals surface area contributed by atoms with Gasteiger partial charge in [0.1, 0.15) is 5.84 Å². The normalized spacial score (nSPS) is 17.6. The summed E-state index contributed by atoms with van der Waals surface area (Å²) >= 11 is 0. The molecule has 2 aromatic rings. The van der Waals surface area contributed by atoms with Crippen molar-refractivity contribution in [1.29, 1.82) is 5.26 Å². The van der Waals surface area contributed by atoms with Crippen LogP contribution in [0.2, 0.25) is 0 Å². The summed E-state index contributed by atoms with van der Waals surface area (Å²) in [5.41, 5.74) is 12.2. The average molecular weight is 409 g/mol. The van der Waals surface area contributed by atoms with Crippen LogP contribution in [0.3, 0.4) is 0 Å². The van der Waals surface area contributed by atoms with E-state index < -0.39 is 10.0 Å². The lowest BCUT2D eigenvalue weighted by Gasteiger charge is -2.28. The van der Waals surface area contributed by atoms with E-state index >= 15 is 0 Å². The zero-order chi connectivity index (χ0) is 20.8. The number of nitrogens with zero attached hydrogens (tertiary/aromatic N) is 3. The van der Waals surface area contributed by atoms with Crippen LogP contribution >= 0.6 is 0 Å². The van der Waals surface area contributed by atoms with Crippen molar-refractivity contribution >= 4 is 15.9 Å². The topological polar surface area (TPSA) is 99.5 Å². The zero-order valence-corrected chi connectivity index (χ0v) is 17.5. The number of amidine groups is 1. The van der Waals surface area contributed by atoms with E-state index in [1.807, 2.05) is 26.0 Å². The molecule has 0 aliphatic carbocycles. The van der Waals surface area contributed by atoms with E-state index in [1.54, 1.807) is 12.1 Å². The van der Waals surface area contributed by atoms with Crippen LogP contribution in [0.25, 0.3) is 11.1 Å². The minimum Gasteiger partial charge on any atom is -0.383 e. The van der Waals surface area contributed by atoms with Crippen molar-refractivity contribution in [3.63, 3.8) is 0 Å². The first-order chi connectivity index (χ1) is 13.8. The number of nitrogens with two attached hydrogens (primary N) is 1. The number of hydrogen-bond donors (Lipinski definition) is 1. The molecule has 0 bridgehead atoms. The molecule has 2 heterocycles. The van der Waals surface area contributed by atoms with Gasteiger partial charge < -0.3 is 5.73 Å². The molecule has 0 unspecified atom stereocenters. The lowest BCUT2D eigenvalue weighted by molar-refractivity contribution is 0.310. The molecule has 2 aliphatic rings. The van der Waals surface area contributed by atoms with Crippen molar-refractivity contribution in [2.24, 2.45) is 16.6 Å². The van der Waals surface area contributed by atoms with Gasteiger partial charge in [0.05, 0.1) is 17.5 Å². The fourth-order valence-corrected chi connectivity index (χ4v) is 5.83. The number of benzene rings is 2. The Morgan fingerprint density at radius 3 is 2.48 bits per heavy atom. The predicted octanol–water partition coefficient (Wildman–Crippen LogP) is 3.11. The minimum atomic E-state index is -3.56. The first kappa shape index (κ1) is 19.6. The standard InChI is InChI=1S/C22H24N4O2S/c1-14-11-18(29(27,28)26-9-7-16(12-23)8-10-26)4-6-19(14)20-5-3-17-13-25-22(24)21(17)15(20)2/h3-6,11,16H,7-10,13H2,1-2H3,(H2,24,25). The van der Waals surface area contributed by atoms with Gasteiger partial charge in [-0.3, -0.25) is 4.99 Å². The summed E-state index contributed by atoms with van der Waals surface area (Å²) in [6.07, 6.45) is 1.17. The van der Waals surface area contributed by atoms with E-state index in [2.05, 4.69) is 17.1 Å². The zero-order valence-electron chi connectivity index (χ0n) is 16.6. The number of fused-ring (bicyclic) bond motifs is 1. The molecule has 2 N–H and O–H groups in total. The molecule has 0 saturated carbocycles. The number of hydrogen-bond acceptors (Lipinski definition) is 5. The van der Waals surface area contributed by atoms with Crippen LogP contribution in [0.5, 0.6) is 0 Å². The quantitative estimate of drug-likeness (QED) is 0.843. The van der Waals surface area contributed by atoms with Crippen molar-refractivity contribution in [3.8, 4) is 17.2 Å². The summed E-state index contributed by atoms with van der Waals surface area (Å²) < 4.78 is 27.6. The van der Waals surface area contributed by atoms with Crippen molar-refractivity contribution in [2.45, 2.75) is 38.1 Å². The highest BCUT2D eigenvalue weighted by Crippen LogP contribution is 2.34. The smallest absolute Gasteiger partial charge is 0.243 e. The van der Waals surface area contributed by atoms with E-state index in [0.717, 1.165) is 33.4 Å². The second-order valence-corrected chi connectivity index (χ2v) is 9.70. The van der Waals surface area contributed by atoms with Crippen molar-refractivity contribution in [3.05, 3.63) is 52.6 Å². The highest BCUT2D eigenvalue weighted by Gasteiger charge is 2.30. The van der Waals surface area contributed by atoms with Gasteiger partial charge in [0.15, 0.2) is 0 Å². The molecule has 2 aromatic carbocycles. The Kier molecular flexibility index (Phi) is 4.93. The maximum atomic E-state index is 13.1. The van der Waals surface area contributed by atoms with Crippen LogP contribution in [-0.2, 0) is 16.6 Å². The van der Waals surface area contributed by atoms with Gasteiger partial charge in [-0.25, -0.2) is 8.42 Å². The minimum absolute atomic E-state index is 0.0516. The monoisotopic (exact) mass is 408 g/mol. The van der Waals surface area contributed by atoms with Crippen LogP contribution < -0.4 is 5.73 Å². The molecule has 6 nitrogen and oxygen atoms in total. The predicted molar refractivity (Wildman–Crippen MR) is 113 cm³/mol. The fraction of sp³-hybridized carbons (Fsp3) is 0.364. The molecule has 0 aromatic heterocycles. The summed E-state index contributed by atoms with van der Waals surface area (Å²) in [4.78, 5) is 4.62. The Morgan fingerprint density at radius 1 is 1.14 bits per heavy atom. The van der Waals surface area contributed by atoms with Gasteiger partial charge in [-0.2, -0.15) is 9.57 Å². The number of aliphatic imine (C=N–C) groups is 1. The second kappa shape index (κ2) is 7.29. The molecule has 4 rings (SSSR count). The third-order valence-corrected chi connectivity index (χ3v) is 7.88. The Balaban J connectivity index is 1.67. The first-order valence-corrected chi connectivity index (χ1v) is 11.2. The summed E-state index contributed by atoms with van der Waals surface area (Å²) in [6, 6.07) is 11.6. The van der Waals surface area contributed by atoms with E-state index in [0.29, 0.717) is 43.2 Å². The van der Waals surface area contributed by atoms with E-state index in [-0.39, 0.29) is 5.92 Å². The van der Waals surface area contributed by atoms with Crippen molar-refractivity contribution in [2.75, 3.05) is 13.1 Å². The van der Waals surface area contributed by atoms with Gasteiger partial charge in [0, 0.05) is 24.6 Å². The Bertz CT molecular complexity index is 1150. The van der Waals surface area contributed by atoms with Gasteiger partial charge in [-0.15, -0.1) is 0 Å². The third-order valence-electron chi connectivity index (χ3n) is 5.99. The van der Waals surface area contributed by atoms with Crippen molar-refractivity contribution < 1.29 is 8.42 Å². The van der Waals surface area contributed by atoms with E-state index in [4.69, 9.17) is 11.0 Å². The van der Waals surface area contributed by atoms with Crippen LogP contribution in [-0.4, -0.2) is 31.6 Å². The fourth-order valence-electron chi connectivity index (χ4n) is 4.27. The van der Waals surface area contributed by atoms with Crippen LogP contribution in [0.15, 0.2) is 40.2 Å². The number of nitriles is 1. The van der Waals surface area contributed by atoms with Crippen LogP contribution in [0.4, 0.5) is 0 Å². The largest absolute Gasteiger partial charge is 0.383 e. The first-order valence-electron chi connectivity index (χ1n) is 9.76. The number of aryl methyl sites for hydroxylation is 1. The molecule has 0 spiro atoms. The van der Waals surface area contributed by atoms with E-state index in [9.17, 15) is 8.42 Å².